The van der Waals surface area contributed by atoms with Crippen LogP contribution < -0.4 is 10.2 Å². The Hall–Kier alpha value is -1.56. The maximum absolute atomic E-state index is 13.0. The fourth-order valence-corrected chi connectivity index (χ4v) is 1.85. The molecular formula is C13H11BClFO3. The van der Waals surface area contributed by atoms with Crippen LogP contribution >= 0.6 is 11.6 Å². The van der Waals surface area contributed by atoms with Crippen molar-refractivity contribution in [2.45, 2.75) is 6.61 Å². The van der Waals surface area contributed by atoms with Crippen LogP contribution in [0.25, 0.3) is 0 Å². The van der Waals surface area contributed by atoms with Gasteiger partial charge in [0.25, 0.3) is 0 Å². The van der Waals surface area contributed by atoms with E-state index in [2.05, 4.69) is 0 Å². The second-order valence-electron chi connectivity index (χ2n) is 3.97. The Morgan fingerprint density at radius 2 is 1.95 bits per heavy atom. The van der Waals surface area contributed by atoms with E-state index in [9.17, 15) is 4.39 Å². The van der Waals surface area contributed by atoms with Crippen LogP contribution in [0.15, 0.2) is 42.5 Å². The van der Waals surface area contributed by atoms with Gasteiger partial charge in [-0.05, 0) is 35.9 Å². The van der Waals surface area contributed by atoms with Crippen LogP contribution in [0.5, 0.6) is 5.75 Å². The second kappa shape index (κ2) is 6.06. The zero-order valence-electron chi connectivity index (χ0n) is 9.88. The highest BCUT2D eigenvalue weighted by atomic mass is 35.5. The summed E-state index contributed by atoms with van der Waals surface area (Å²) < 4.78 is 18.5. The highest BCUT2D eigenvalue weighted by Gasteiger charge is 2.18. The predicted molar refractivity (Wildman–Crippen MR) is 72.0 cm³/mol. The van der Waals surface area contributed by atoms with Gasteiger partial charge < -0.3 is 14.8 Å². The van der Waals surface area contributed by atoms with Crippen molar-refractivity contribution in [3.8, 4) is 5.75 Å². The molecule has 0 aliphatic rings. The molecule has 0 aromatic heterocycles. The van der Waals surface area contributed by atoms with Gasteiger partial charge in [-0.25, -0.2) is 4.39 Å². The molecule has 0 saturated carbocycles. The first-order valence-electron chi connectivity index (χ1n) is 5.59. The van der Waals surface area contributed by atoms with Gasteiger partial charge in [0.15, 0.2) is 0 Å². The van der Waals surface area contributed by atoms with E-state index in [1.54, 1.807) is 18.2 Å². The van der Waals surface area contributed by atoms with Crippen LogP contribution in [0.1, 0.15) is 5.56 Å². The summed E-state index contributed by atoms with van der Waals surface area (Å²) in [6.45, 7) is 0.200. The summed E-state index contributed by atoms with van der Waals surface area (Å²) >= 11 is 5.84. The zero-order chi connectivity index (χ0) is 13.8. The smallest absolute Gasteiger partial charge is 0.489 e. The minimum absolute atomic E-state index is 0.0120. The molecule has 2 rings (SSSR count). The van der Waals surface area contributed by atoms with E-state index >= 15 is 0 Å². The van der Waals surface area contributed by atoms with Crippen LogP contribution in [0, 0.1) is 5.82 Å². The van der Waals surface area contributed by atoms with E-state index in [1.807, 2.05) is 6.07 Å². The Balaban J connectivity index is 2.15. The summed E-state index contributed by atoms with van der Waals surface area (Å²) in [7, 11) is -1.79. The zero-order valence-corrected chi connectivity index (χ0v) is 10.6. The van der Waals surface area contributed by atoms with Gasteiger partial charge in [-0.2, -0.15) is 0 Å². The van der Waals surface area contributed by atoms with Crippen molar-refractivity contribution in [3.63, 3.8) is 0 Å². The van der Waals surface area contributed by atoms with Crippen molar-refractivity contribution in [1.82, 2.24) is 0 Å². The van der Waals surface area contributed by atoms with Gasteiger partial charge >= 0.3 is 7.12 Å². The molecule has 2 N–H and O–H groups in total. The average Bonchev–Trinajstić information content (AvgIpc) is 2.37. The van der Waals surface area contributed by atoms with Gasteiger partial charge in [-0.1, -0.05) is 23.7 Å². The van der Waals surface area contributed by atoms with Crippen molar-refractivity contribution >= 4 is 24.2 Å². The SMILES string of the molecule is OB(O)c1cc(F)ccc1OCc1cccc(Cl)c1. The van der Waals surface area contributed by atoms with E-state index in [4.69, 9.17) is 26.4 Å². The minimum atomic E-state index is -1.79. The van der Waals surface area contributed by atoms with E-state index < -0.39 is 12.9 Å². The fraction of sp³-hybridized carbons (Fsp3) is 0.0769. The number of ether oxygens (including phenoxy) is 1. The number of benzene rings is 2. The van der Waals surface area contributed by atoms with Gasteiger partial charge in [0, 0.05) is 10.5 Å². The fourth-order valence-electron chi connectivity index (χ4n) is 1.64. The predicted octanol–water partition coefficient (Wildman–Crippen LogP) is 1.74. The molecule has 3 nitrogen and oxygen atoms in total. The molecule has 0 fully saturated rings. The van der Waals surface area contributed by atoms with Crippen molar-refractivity contribution in [2.24, 2.45) is 0 Å². The Labute approximate surface area is 115 Å². The van der Waals surface area contributed by atoms with Crippen molar-refractivity contribution in [1.29, 1.82) is 0 Å². The molecule has 6 heteroatoms. The second-order valence-corrected chi connectivity index (χ2v) is 4.41. The first kappa shape index (κ1) is 13.9. The molecule has 98 valence electrons. The van der Waals surface area contributed by atoms with Crippen LogP contribution in [0.2, 0.25) is 5.02 Å². The summed E-state index contributed by atoms with van der Waals surface area (Å²) in [5, 5.41) is 18.9. The lowest BCUT2D eigenvalue weighted by atomic mass is 9.79. The summed E-state index contributed by atoms with van der Waals surface area (Å²) in [4.78, 5) is 0. The summed E-state index contributed by atoms with van der Waals surface area (Å²) in [5.74, 6) is -0.338. The molecule has 0 spiro atoms. The molecule has 0 bridgehead atoms. The molecule has 0 unspecified atom stereocenters. The molecule has 0 heterocycles. The lowest BCUT2D eigenvalue weighted by Gasteiger charge is -2.11. The molecular weight excluding hydrogens is 269 g/mol. The molecule has 0 aliphatic heterocycles. The van der Waals surface area contributed by atoms with Crippen molar-refractivity contribution in [2.75, 3.05) is 0 Å². The first-order valence-corrected chi connectivity index (χ1v) is 5.97. The summed E-state index contributed by atoms with van der Waals surface area (Å²) in [6, 6.07) is 10.7. The largest absolute Gasteiger partial charge is 0.492 e. The Morgan fingerprint density at radius 1 is 1.16 bits per heavy atom. The van der Waals surface area contributed by atoms with Crippen LogP contribution in [0.4, 0.5) is 4.39 Å². The molecule has 2 aromatic rings. The Kier molecular flexibility index (Phi) is 4.42. The normalized spacial score (nSPS) is 10.3. The molecule has 0 radical (unpaired) electrons. The van der Waals surface area contributed by atoms with Crippen LogP contribution in [-0.4, -0.2) is 17.2 Å². The molecule has 0 saturated heterocycles. The van der Waals surface area contributed by atoms with Crippen molar-refractivity contribution in [3.05, 3.63) is 58.9 Å². The van der Waals surface area contributed by atoms with Gasteiger partial charge in [-0.3, -0.25) is 0 Å². The summed E-state index contributed by atoms with van der Waals surface area (Å²) in [5.41, 5.74) is 0.817. The molecule has 0 aliphatic carbocycles. The monoisotopic (exact) mass is 280 g/mol. The van der Waals surface area contributed by atoms with E-state index in [1.165, 1.54) is 12.1 Å². The van der Waals surface area contributed by atoms with Gasteiger partial charge in [0.2, 0.25) is 0 Å². The average molecular weight is 280 g/mol. The lowest BCUT2D eigenvalue weighted by Crippen LogP contribution is -2.31. The molecule has 2 aromatic carbocycles. The molecule has 19 heavy (non-hydrogen) atoms. The maximum Gasteiger partial charge on any atom is 0.492 e. The Morgan fingerprint density at radius 3 is 2.63 bits per heavy atom. The van der Waals surface area contributed by atoms with Crippen molar-refractivity contribution < 1.29 is 19.2 Å². The Bertz CT molecular complexity index is 578. The number of rotatable bonds is 4. The third kappa shape index (κ3) is 3.70. The third-order valence-electron chi connectivity index (χ3n) is 2.53. The van der Waals surface area contributed by atoms with Gasteiger partial charge in [-0.15, -0.1) is 0 Å². The number of hydrogen-bond donors (Lipinski definition) is 2. The standard InChI is InChI=1S/C13H11BClFO3/c15-10-3-1-2-9(6-10)8-19-13-5-4-11(16)7-12(13)14(17)18/h1-7,17-18H,8H2. The van der Waals surface area contributed by atoms with E-state index in [-0.39, 0.29) is 17.8 Å². The highest BCUT2D eigenvalue weighted by Crippen LogP contribution is 2.15. The third-order valence-corrected chi connectivity index (χ3v) is 2.77. The number of halogens is 2. The van der Waals surface area contributed by atoms with Gasteiger partial charge in [0.05, 0.1) is 0 Å². The quantitative estimate of drug-likeness (QED) is 0.839. The minimum Gasteiger partial charge on any atom is -0.489 e. The topological polar surface area (TPSA) is 49.7 Å². The molecule has 0 amide bonds. The van der Waals surface area contributed by atoms with Gasteiger partial charge in [0.1, 0.15) is 18.2 Å². The van der Waals surface area contributed by atoms with Crippen LogP contribution in [0.3, 0.4) is 0 Å². The first-order chi connectivity index (χ1) is 9.06. The van der Waals surface area contributed by atoms with Crippen LogP contribution in [-0.2, 0) is 6.61 Å². The summed E-state index contributed by atoms with van der Waals surface area (Å²) in [6.07, 6.45) is 0. The lowest BCUT2D eigenvalue weighted by molar-refractivity contribution is 0.306. The highest BCUT2D eigenvalue weighted by molar-refractivity contribution is 6.59. The number of hydrogen-bond acceptors (Lipinski definition) is 3. The molecule has 0 atom stereocenters. The van der Waals surface area contributed by atoms with E-state index in [0.29, 0.717) is 5.02 Å². The maximum atomic E-state index is 13.0. The van der Waals surface area contributed by atoms with E-state index in [0.717, 1.165) is 11.6 Å².